The van der Waals surface area contributed by atoms with Gasteiger partial charge < -0.3 is 4.90 Å². The number of likely N-dealkylation sites (tertiary alicyclic amines) is 1. The predicted octanol–water partition coefficient (Wildman–Crippen LogP) is 1.93. The molecule has 2 fully saturated rings. The van der Waals surface area contributed by atoms with E-state index in [-0.39, 0.29) is 17.1 Å². The highest BCUT2D eigenvalue weighted by Gasteiger charge is 2.37. The Morgan fingerprint density at radius 2 is 1.93 bits per heavy atom. The predicted molar refractivity (Wildman–Crippen MR) is 57.6 cm³/mol. The highest BCUT2D eigenvalue weighted by molar-refractivity contribution is 6.64. The van der Waals surface area contributed by atoms with E-state index in [9.17, 15) is 9.59 Å². The van der Waals surface area contributed by atoms with Crippen molar-refractivity contribution < 1.29 is 9.59 Å². The molecule has 1 saturated carbocycles. The Kier molecular flexibility index (Phi) is 3.29. The smallest absolute Gasteiger partial charge is 0.227 e. The van der Waals surface area contributed by atoms with Crippen LogP contribution in [0.2, 0.25) is 0 Å². The maximum absolute atomic E-state index is 11.7. The number of carbonyl (C=O) groups excluding carboxylic acids is 2. The van der Waals surface area contributed by atoms with E-state index in [2.05, 4.69) is 0 Å². The SMILES string of the molecule is O=C(Cl)[C@@H]1CC(=O)N(C2CCCCC2)C1. The van der Waals surface area contributed by atoms with Crippen molar-refractivity contribution in [3.63, 3.8) is 0 Å². The number of amides is 1. The van der Waals surface area contributed by atoms with Gasteiger partial charge in [0.05, 0.1) is 5.92 Å². The van der Waals surface area contributed by atoms with Gasteiger partial charge >= 0.3 is 0 Å². The molecule has 1 heterocycles. The number of halogens is 1. The molecule has 0 radical (unpaired) electrons. The van der Waals surface area contributed by atoms with Crippen molar-refractivity contribution in [1.29, 1.82) is 0 Å². The molecule has 2 rings (SSSR count). The van der Waals surface area contributed by atoms with Crippen molar-refractivity contribution in [2.75, 3.05) is 6.54 Å². The summed E-state index contributed by atoms with van der Waals surface area (Å²) < 4.78 is 0. The normalized spacial score (nSPS) is 28.5. The van der Waals surface area contributed by atoms with E-state index in [1.165, 1.54) is 19.3 Å². The largest absolute Gasteiger partial charge is 0.339 e. The lowest BCUT2D eigenvalue weighted by molar-refractivity contribution is -0.130. The summed E-state index contributed by atoms with van der Waals surface area (Å²) in [4.78, 5) is 24.6. The van der Waals surface area contributed by atoms with Crippen LogP contribution in [0.25, 0.3) is 0 Å². The molecule has 2 aliphatic rings. The fourth-order valence-electron chi connectivity index (χ4n) is 2.63. The molecule has 4 heteroatoms. The lowest BCUT2D eigenvalue weighted by Gasteiger charge is -2.31. The van der Waals surface area contributed by atoms with Gasteiger partial charge in [-0.1, -0.05) is 19.3 Å². The lowest BCUT2D eigenvalue weighted by atomic mass is 9.94. The summed E-state index contributed by atoms with van der Waals surface area (Å²) in [6, 6.07) is 0.368. The van der Waals surface area contributed by atoms with Crippen molar-refractivity contribution in [3.8, 4) is 0 Å². The third-order valence-corrected chi connectivity index (χ3v) is 3.80. The van der Waals surface area contributed by atoms with Crippen LogP contribution in [0, 0.1) is 5.92 Å². The molecule has 0 N–H and O–H groups in total. The molecule has 1 amide bonds. The van der Waals surface area contributed by atoms with E-state index in [1.807, 2.05) is 4.90 Å². The minimum atomic E-state index is -0.360. The van der Waals surface area contributed by atoms with Crippen molar-refractivity contribution in [2.45, 2.75) is 44.6 Å². The first-order chi connectivity index (χ1) is 7.18. The third-order valence-electron chi connectivity index (χ3n) is 3.49. The lowest BCUT2D eigenvalue weighted by Crippen LogP contribution is -2.38. The van der Waals surface area contributed by atoms with Crippen molar-refractivity contribution in [1.82, 2.24) is 4.90 Å². The van der Waals surface area contributed by atoms with E-state index in [1.54, 1.807) is 0 Å². The second-order valence-electron chi connectivity index (χ2n) is 4.54. The second-order valence-corrected chi connectivity index (χ2v) is 4.92. The first kappa shape index (κ1) is 10.9. The molecule has 15 heavy (non-hydrogen) atoms. The Morgan fingerprint density at radius 3 is 2.47 bits per heavy atom. The minimum Gasteiger partial charge on any atom is -0.339 e. The van der Waals surface area contributed by atoms with E-state index < -0.39 is 0 Å². The van der Waals surface area contributed by atoms with Gasteiger partial charge in [-0.05, 0) is 24.4 Å². The summed E-state index contributed by atoms with van der Waals surface area (Å²) in [6.07, 6.45) is 6.18. The molecule has 1 aliphatic carbocycles. The van der Waals surface area contributed by atoms with Crippen molar-refractivity contribution >= 4 is 22.8 Å². The topological polar surface area (TPSA) is 37.4 Å². The Labute approximate surface area is 94.8 Å². The van der Waals surface area contributed by atoms with Crippen LogP contribution in [0.1, 0.15) is 38.5 Å². The number of hydrogen-bond acceptors (Lipinski definition) is 2. The summed E-state index contributed by atoms with van der Waals surface area (Å²) in [5.74, 6) is -0.151. The number of carbonyl (C=O) groups is 2. The molecule has 0 aromatic heterocycles. The van der Waals surface area contributed by atoms with Gasteiger partial charge in [0, 0.05) is 19.0 Å². The van der Waals surface area contributed by atoms with Crippen molar-refractivity contribution in [2.24, 2.45) is 5.92 Å². The van der Waals surface area contributed by atoms with Crippen LogP contribution in [0.3, 0.4) is 0 Å². The van der Waals surface area contributed by atoms with Crippen LogP contribution in [0.15, 0.2) is 0 Å². The molecule has 0 aromatic rings. The maximum Gasteiger partial charge on any atom is 0.227 e. The van der Waals surface area contributed by atoms with Gasteiger partial charge in [-0.15, -0.1) is 0 Å². The molecule has 84 valence electrons. The average Bonchev–Trinajstić information content (AvgIpc) is 2.62. The fourth-order valence-corrected chi connectivity index (χ4v) is 2.78. The average molecular weight is 230 g/mol. The van der Waals surface area contributed by atoms with E-state index in [0.717, 1.165) is 12.8 Å². The van der Waals surface area contributed by atoms with E-state index in [4.69, 9.17) is 11.6 Å². The fraction of sp³-hybridized carbons (Fsp3) is 0.818. The number of hydrogen-bond donors (Lipinski definition) is 0. The second kappa shape index (κ2) is 4.52. The van der Waals surface area contributed by atoms with Gasteiger partial charge in [-0.2, -0.15) is 0 Å². The first-order valence-electron chi connectivity index (χ1n) is 5.67. The Morgan fingerprint density at radius 1 is 1.27 bits per heavy atom. The summed E-state index contributed by atoms with van der Waals surface area (Å²) >= 11 is 5.44. The summed E-state index contributed by atoms with van der Waals surface area (Å²) in [6.45, 7) is 0.547. The molecule has 0 aromatic carbocycles. The summed E-state index contributed by atoms with van der Waals surface area (Å²) in [5, 5.41) is -0.360. The maximum atomic E-state index is 11.7. The number of rotatable bonds is 2. The van der Waals surface area contributed by atoms with Gasteiger partial charge in [-0.25, -0.2) is 0 Å². The van der Waals surface area contributed by atoms with Gasteiger partial charge in [0.15, 0.2) is 0 Å². The quantitative estimate of drug-likeness (QED) is 0.679. The zero-order valence-electron chi connectivity index (χ0n) is 8.75. The Hall–Kier alpha value is -0.570. The molecule has 1 atom stereocenters. The molecular weight excluding hydrogens is 214 g/mol. The van der Waals surface area contributed by atoms with E-state index in [0.29, 0.717) is 19.0 Å². The van der Waals surface area contributed by atoms with Crippen LogP contribution in [-0.4, -0.2) is 28.6 Å². The van der Waals surface area contributed by atoms with Gasteiger partial charge in [-0.3, -0.25) is 9.59 Å². The van der Waals surface area contributed by atoms with Crippen LogP contribution in [0.4, 0.5) is 0 Å². The van der Waals surface area contributed by atoms with Gasteiger partial charge in [0.2, 0.25) is 11.1 Å². The highest BCUT2D eigenvalue weighted by Crippen LogP contribution is 2.29. The molecule has 1 saturated heterocycles. The minimum absolute atomic E-state index is 0.112. The van der Waals surface area contributed by atoms with Crippen LogP contribution < -0.4 is 0 Å². The molecule has 3 nitrogen and oxygen atoms in total. The molecular formula is C11H16ClNO2. The standard InChI is InChI=1S/C11H16ClNO2/c12-11(15)8-6-10(14)13(7-8)9-4-2-1-3-5-9/h8-9H,1-7H2/t8-/m1/s1. The van der Waals surface area contributed by atoms with Crippen LogP contribution >= 0.6 is 11.6 Å². The first-order valence-corrected chi connectivity index (χ1v) is 6.05. The van der Waals surface area contributed by atoms with Gasteiger partial charge in [0.25, 0.3) is 0 Å². The Balaban J connectivity index is 1.97. The molecule has 0 spiro atoms. The summed E-state index contributed by atoms with van der Waals surface area (Å²) in [5.41, 5.74) is 0. The highest BCUT2D eigenvalue weighted by atomic mass is 35.5. The van der Waals surface area contributed by atoms with Crippen molar-refractivity contribution in [3.05, 3.63) is 0 Å². The number of nitrogens with zero attached hydrogens (tertiary/aromatic N) is 1. The molecule has 0 unspecified atom stereocenters. The van der Waals surface area contributed by atoms with E-state index >= 15 is 0 Å². The molecule has 0 bridgehead atoms. The monoisotopic (exact) mass is 229 g/mol. The summed E-state index contributed by atoms with van der Waals surface area (Å²) in [7, 11) is 0. The Bertz CT molecular complexity index is 274. The molecule has 1 aliphatic heterocycles. The van der Waals surface area contributed by atoms with Gasteiger partial charge in [0.1, 0.15) is 0 Å². The third kappa shape index (κ3) is 2.33. The zero-order chi connectivity index (χ0) is 10.8. The van der Waals surface area contributed by atoms with Crippen LogP contribution in [-0.2, 0) is 9.59 Å². The van der Waals surface area contributed by atoms with Crippen LogP contribution in [0.5, 0.6) is 0 Å². The zero-order valence-corrected chi connectivity index (χ0v) is 9.50.